The molecule has 6 nitrogen and oxygen atoms in total. The predicted molar refractivity (Wildman–Crippen MR) is 129 cm³/mol. The maximum absolute atomic E-state index is 13.2. The van der Waals surface area contributed by atoms with E-state index < -0.39 is 0 Å². The van der Waals surface area contributed by atoms with Crippen LogP contribution in [0.2, 0.25) is 0 Å². The second-order valence-corrected chi connectivity index (χ2v) is 8.65. The van der Waals surface area contributed by atoms with Crippen LogP contribution in [0.3, 0.4) is 0 Å². The Kier molecular flexibility index (Phi) is 7.25. The number of fused-ring (bicyclic) bond motifs is 2. The molecule has 3 aromatic rings. The molecule has 0 radical (unpaired) electrons. The van der Waals surface area contributed by atoms with E-state index in [-0.39, 0.29) is 11.8 Å². The van der Waals surface area contributed by atoms with Crippen LogP contribution in [0.4, 0.5) is 0 Å². The number of benzene rings is 2. The fraction of sp³-hybridized carbons (Fsp3) is 0.333. The molecule has 172 valence electrons. The molecule has 2 aromatic carbocycles. The van der Waals surface area contributed by atoms with Gasteiger partial charge in [-0.1, -0.05) is 50.2 Å². The third-order valence-electron chi connectivity index (χ3n) is 5.87. The molecule has 2 heterocycles. The Morgan fingerprint density at radius 1 is 0.939 bits per heavy atom. The van der Waals surface area contributed by atoms with E-state index in [0.29, 0.717) is 36.1 Å². The van der Waals surface area contributed by atoms with E-state index in [0.717, 1.165) is 19.6 Å². The van der Waals surface area contributed by atoms with Gasteiger partial charge >= 0.3 is 0 Å². The number of amides is 1. The van der Waals surface area contributed by atoms with Gasteiger partial charge in [0.05, 0.1) is 0 Å². The topological polar surface area (TPSA) is 54.9 Å². The summed E-state index contributed by atoms with van der Waals surface area (Å²) in [6, 6.07) is 19.8. The number of pyridine rings is 1. The van der Waals surface area contributed by atoms with Crippen LogP contribution in [0.25, 0.3) is 0 Å². The number of hydrogen-bond donors (Lipinski definition) is 0. The minimum atomic E-state index is -0.114. The van der Waals surface area contributed by atoms with E-state index in [1.165, 1.54) is 11.1 Å². The highest BCUT2D eigenvalue weighted by Crippen LogP contribution is 2.32. The third kappa shape index (κ3) is 5.71. The summed E-state index contributed by atoms with van der Waals surface area (Å²) in [7, 11) is 1.82. The summed E-state index contributed by atoms with van der Waals surface area (Å²) >= 11 is 0. The van der Waals surface area contributed by atoms with Crippen molar-refractivity contribution in [1.82, 2.24) is 14.8 Å². The highest BCUT2D eigenvalue weighted by Gasteiger charge is 2.21. The molecule has 1 aliphatic heterocycles. The van der Waals surface area contributed by atoms with Crippen molar-refractivity contribution < 1.29 is 14.3 Å². The molecule has 0 aliphatic carbocycles. The Labute approximate surface area is 195 Å². The highest BCUT2D eigenvalue weighted by molar-refractivity contribution is 5.96. The van der Waals surface area contributed by atoms with Gasteiger partial charge in [-0.3, -0.25) is 9.69 Å². The maximum Gasteiger partial charge on any atom is 0.259 e. The number of para-hydroxylation sites is 2. The molecule has 1 amide bonds. The molecule has 0 saturated carbocycles. The number of carbonyl (C=O) groups is 1. The van der Waals surface area contributed by atoms with Crippen LogP contribution in [0.1, 0.15) is 41.3 Å². The van der Waals surface area contributed by atoms with Crippen LogP contribution in [0.15, 0.2) is 66.9 Å². The van der Waals surface area contributed by atoms with Gasteiger partial charge in [-0.05, 0) is 41.3 Å². The van der Waals surface area contributed by atoms with Crippen molar-refractivity contribution in [3.63, 3.8) is 0 Å². The van der Waals surface area contributed by atoms with Crippen molar-refractivity contribution in [1.29, 1.82) is 0 Å². The van der Waals surface area contributed by atoms with Gasteiger partial charge in [-0.25, -0.2) is 4.98 Å². The lowest BCUT2D eigenvalue weighted by Gasteiger charge is -2.26. The summed E-state index contributed by atoms with van der Waals surface area (Å²) in [6.45, 7) is 7.76. The van der Waals surface area contributed by atoms with Crippen LogP contribution in [-0.4, -0.2) is 54.0 Å². The number of carbonyl (C=O) groups excluding carboxylic acids is 1. The molecule has 4 rings (SSSR count). The predicted octanol–water partition coefficient (Wildman–Crippen LogP) is 4.96. The summed E-state index contributed by atoms with van der Waals surface area (Å²) in [5.41, 5.74) is 3.02. The van der Waals surface area contributed by atoms with Crippen LogP contribution in [0.5, 0.6) is 17.4 Å². The van der Waals surface area contributed by atoms with E-state index in [4.69, 9.17) is 9.47 Å². The fourth-order valence-corrected chi connectivity index (χ4v) is 3.81. The average Bonchev–Trinajstić information content (AvgIpc) is 2.83. The molecule has 0 bridgehead atoms. The van der Waals surface area contributed by atoms with Gasteiger partial charge in [0.1, 0.15) is 12.2 Å². The monoisotopic (exact) mass is 445 g/mol. The zero-order valence-corrected chi connectivity index (χ0v) is 19.5. The first-order valence-electron chi connectivity index (χ1n) is 11.4. The lowest BCUT2D eigenvalue weighted by molar-refractivity contribution is 0.0770. The molecule has 33 heavy (non-hydrogen) atoms. The normalized spacial score (nSPS) is 15.4. The number of nitrogens with zero attached hydrogens (tertiary/aromatic N) is 3. The maximum atomic E-state index is 13.2. The summed E-state index contributed by atoms with van der Waals surface area (Å²) in [5, 5.41) is 0. The smallest absolute Gasteiger partial charge is 0.259 e. The molecule has 0 saturated heterocycles. The minimum absolute atomic E-state index is 0.114. The first-order chi connectivity index (χ1) is 16.0. The van der Waals surface area contributed by atoms with Crippen molar-refractivity contribution in [2.24, 2.45) is 0 Å². The Bertz CT molecular complexity index is 1080. The SMILES string of the molecule is CC(C)c1ccc(CN2CCOc3ccccc3Oc3ncccc3C(=O)N(C)CC2)cc1. The van der Waals surface area contributed by atoms with Gasteiger partial charge in [0, 0.05) is 39.4 Å². The van der Waals surface area contributed by atoms with E-state index >= 15 is 0 Å². The zero-order chi connectivity index (χ0) is 23.2. The third-order valence-corrected chi connectivity index (χ3v) is 5.87. The van der Waals surface area contributed by atoms with E-state index in [2.05, 4.69) is 48.0 Å². The summed E-state index contributed by atoms with van der Waals surface area (Å²) < 4.78 is 12.1. The number of aromatic nitrogens is 1. The lowest BCUT2D eigenvalue weighted by Crippen LogP contribution is -2.37. The molecule has 6 heteroatoms. The fourth-order valence-electron chi connectivity index (χ4n) is 3.81. The van der Waals surface area contributed by atoms with Crippen LogP contribution < -0.4 is 9.47 Å². The number of rotatable bonds is 3. The van der Waals surface area contributed by atoms with E-state index in [9.17, 15) is 4.79 Å². The molecule has 0 N–H and O–H groups in total. The molecular formula is C27H31N3O3. The minimum Gasteiger partial charge on any atom is -0.488 e. The van der Waals surface area contributed by atoms with E-state index in [1.807, 2.05) is 31.3 Å². The molecule has 0 spiro atoms. The first kappa shape index (κ1) is 22.8. The van der Waals surface area contributed by atoms with Gasteiger partial charge in [0.25, 0.3) is 5.91 Å². The molecule has 0 unspecified atom stereocenters. The van der Waals surface area contributed by atoms with Crippen LogP contribution in [-0.2, 0) is 6.54 Å². The molecule has 0 atom stereocenters. The van der Waals surface area contributed by atoms with Crippen LogP contribution in [0, 0.1) is 0 Å². The molecular weight excluding hydrogens is 414 g/mol. The quantitative estimate of drug-likeness (QED) is 0.570. The van der Waals surface area contributed by atoms with Crippen molar-refractivity contribution in [3.8, 4) is 17.4 Å². The highest BCUT2D eigenvalue weighted by atomic mass is 16.5. The van der Waals surface area contributed by atoms with Gasteiger partial charge in [0.2, 0.25) is 5.88 Å². The van der Waals surface area contributed by atoms with Gasteiger partial charge in [-0.2, -0.15) is 0 Å². The average molecular weight is 446 g/mol. The number of ether oxygens (including phenoxy) is 2. The van der Waals surface area contributed by atoms with Crippen molar-refractivity contribution >= 4 is 5.91 Å². The van der Waals surface area contributed by atoms with Crippen molar-refractivity contribution in [3.05, 3.63) is 83.6 Å². The van der Waals surface area contributed by atoms with E-state index in [1.54, 1.807) is 23.2 Å². The summed E-state index contributed by atoms with van der Waals surface area (Å²) in [5.74, 6) is 1.86. The standard InChI is InChI=1S/C27H31N3O3/c1-20(2)22-12-10-21(11-13-22)19-30-16-15-29(3)27(31)23-7-6-14-28-26(23)33-25-9-5-4-8-24(25)32-18-17-30/h4-14,20H,15-19H2,1-3H3. The molecule has 0 fully saturated rings. The lowest BCUT2D eigenvalue weighted by atomic mass is 10.0. The van der Waals surface area contributed by atoms with Crippen LogP contribution >= 0.6 is 0 Å². The second-order valence-electron chi connectivity index (χ2n) is 8.65. The first-order valence-corrected chi connectivity index (χ1v) is 11.4. The summed E-state index contributed by atoms with van der Waals surface area (Å²) in [4.78, 5) is 21.5. The van der Waals surface area contributed by atoms with Crippen molar-refractivity contribution in [2.45, 2.75) is 26.3 Å². The largest absolute Gasteiger partial charge is 0.488 e. The second kappa shape index (κ2) is 10.5. The number of hydrogen-bond acceptors (Lipinski definition) is 5. The molecule has 1 aromatic heterocycles. The molecule has 1 aliphatic rings. The zero-order valence-electron chi connectivity index (χ0n) is 19.5. The summed E-state index contributed by atoms with van der Waals surface area (Å²) in [6.07, 6.45) is 1.62. The Balaban J connectivity index is 1.58. The van der Waals surface area contributed by atoms with Gasteiger partial charge in [0.15, 0.2) is 11.5 Å². The Morgan fingerprint density at radius 2 is 1.70 bits per heavy atom. The Hall–Kier alpha value is -3.38. The van der Waals surface area contributed by atoms with Crippen molar-refractivity contribution in [2.75, 3.05) is 33.3 Å². The van der Waals surface area contributed by atoms with Gasteiger partial charge in [-0.15, -0.1) is 0 Å². The Morgan fingerprint density at radius 3 is 2.45 bits per heavy atom. The number of likely N-dealkylation sites (N-methyl/N-ethyl adjacent to an activating group) is 1. The van der Waals surface area contributed by atoms with Gasteiger partial charge < -0.3 is 14.4 Å².